The van der Waals surface area contributed by atoms with E-state index >= 15 is 0 Å². The van der Waals surface area contributed by atoms with Crippen molar-refractivity contribution in [2.75, 3.05) is 13.6 Å². The minimum Gasteiger partial charge on any atom is -0.314 e. The van der Waals surface area contributed by atoms with Crippen LogP contribution >= 0.6 is 0 Å². The van der Waals surface area contributed by atoms with Gasteiger partial charge in [0, 0.05) is 18.1 Å². The zero-order chi connectivity index (χ0) is 11.7. The lowest BCUT2D eigenvalue weighted by Gasteiger charge is -2.46. The lowest BCUT2D eigenvalue weighted by molar-refractivity contribution is 0.0472. The first-order chi connectivity index (χ1) is 7.59. The SMILES string of the molecule is CC(C)NCC1CCC1N(C)C(C)C1CC1. The molecule has 3 atom stereocenters. The zero-order valence-corrected chi connectivity index (χ0v) is 11.4. The Morgan fingerprint density at radius 2 is 1.81 bits per heavy atom. The van der Waals surface area contributed by atoms with Crippen molar-refractivity contribution in [3.63, 3.8) is 0 Å². The Balaban J connectivity index is 1.75. The molecule has 2 saturated carbocycles. The van der Waals surface area contributed by atoms with E-state index in [2.05, 4.69) is 38.0 Å². The van der Waals surface area contributed by atoms with E-state index in [1.165, 1.54) is 32.2 Å². The van der Waals surface area contributed by atoms with E-state index in [0.717, 1.165) is 23.9 Å². The van der Waals surface area contributed by atoms with Gasteiger partial charge in [-0.2, -0.15) is 0 Å². The van der Waals surface area contributed by atoms with Crippen LogP contribution in [0.5, 0.6) is 0 Å². The van der Waals surface area contributed by atoms with Gasteiger partial charge in [-0.05, 0) is 58.0 Å². The number of hydrogen-bond acceptors (Lipinski definition) is 2. The molecule has 94 valence electrons. The maximum atomic E-state index is 3.59. The Hall–Kier alpha value is -0.0800. The van der Waals surface area contributed by atoms with Crippen molar-refractivity contribution in [1.82, 2.24) is 10.2 Å². The molecule has 0 spiro atoms. The normalized spacial score (nSPS) is 31.9. The highest BCUT2D eigenvalue weighted by molar-refractivity contribution is 4.94. The monoisotopic (exact) mass is 224 g/mol. The van der Waals surface area contributed by atoms with E-state index in [1.807, 2.05) is 0 Å². The Morgan fingerprint density at radius 3 is 2.25 bits per heavy atom. The Labute approximate surface area is 101 Å². The summed E-state index contributed by atoms with van der Waals surface area (Å²) >= 11 is 0. The third kappa shape index (κ3) is 2.78. The van der Waals surface area contributed by atoms with E-state index in [4.69, 9.17) is 0 Å². The lowest BCUT2D eigenvalue weighted by Crippen LogP contribution is -2.52. The second-order valence-electron chi connectivity index (χ2n) is 6.21. The van der Waals surface area contributed by atoms with E-state index in [-0.39, 0.29) is 0 Å². The predicted octanol–water partition coefficient (Wildman–Crippen LogP) is 2.49. The molecule has 2 aliphatic carbocycles. The average molecular weight is 224 g/mol. The molecule has 0 saturated heterocycles. The first-order valence-corrected chi connectivity index (χ1v) is 7.05. The second kappa shape index (κ2) is 5.05. The van der Waals surface area contributed by atoms with Gasteiger partial charge < -0.3 is 10.2 Å². The number of rotatable bonds is 6. The Kier molecular flexibility index (Phi) is 3.91. The molecule has 0 aromatic rings. The quantitative estimate of drug-likeness (QED) is 0.746. The molecule has 0 aromatic heterocycles. The Bertz CT molecular complexity index is 223. The van der Waals surface area contributed by atoms with E-state index in [9.17, 15) is 0 Å². The minimum atomic E-state index is 0.632. The number of nitrogens with one attached hydrogen (secondary N) is 1. The minimum absolute atomic E-state index is 0.632. The molecular formula is C14H28N2. The topological polar surface area (TPSA) is 15.3 Å². The number of hydrogen-bond donors (Lipinski definition) is 1. The molecule has 2 heteroatoms. The van der Waals surface area contributed by atoms with Gasteiger partial charge in [-0.25, -0.2) is 0 Å². The zero-order valence-electron chi connectivity index (χ0n) is 11.4. The van der Waals surface area contributed by atoms with Crippen molar-refractivity contribution in [3.05, 3.63) is 0 Å². The molecule has 1 N–H and O–H groups in total. The van der Waals surface area contributed by atoms with Crippen molar-refractivity contribution < 1.29 is 0 Å². The molecule has 16 heavy (non-hydrogen) atoms. The van der Waals surface area contributed by atoms with Gasteiger partial charge in [0.15, 0.2) is 0 Å². The van der Waals surface area contributed by atoms with Crippen molar-refractivity contribution in [3.8, 4) is 0 Å². The molecule has 0 aromatic carbocycles. The van der Waals surface area contributed by atoms with Gasteiger partial charge >= 0.3 is 0 Å². The summed E-state index contributed by atoms with van der Waals surface area (Å²) in [5.41, 5.74) is 0. The molecule has 2 aliphatic rings. The van der Waals surface area contributed by atoms with Gasteiger partial charge in [0.25, 0.3) is 0 Å². The smallest absolute Gasteiger partial charge is 0.0136 e. The molecule has 0 heterocycles. The average Bonchev–Trinajstić information content (AvgIpc) is 2.97. The summed E-state index contributed by atoms with van der Waals surface area (Å²) in [5.74, 6) is 1.90. The fourth-order valence-corrected chi connectivity index (χ4v) is 2.93. The third-order valence-corrected chi connectivity index (χ3v) is 4.64. The van der Waals surface area contributed by atoms with Gasteiger partial charge in [0.05, 0.1) is 0 Å². The van der Waals surface area contributed by atoms with Gasteiger partial charge in [-0.1, -0.05) is 13.8 Å². The molecule has 2 fully saturated rings. The van der Waals surface area contributed by atoms with Gasteiger partial charge in [0.2, 0.25) is 0 Å². The van der Waals surface area contributed by atoms with E-state index in [1.54, 1.807) is 0 Å². The highest BCUT2D eigenvalue weighted by Crippen LogP contribution is 2.39. The molecule has 0 radical (unpaired) electrons. The van der Waals surface area contributed by atoms with Crippen LogP contribution in [0.15, 0.2) is 0 Å². The maximum absolute atomic E-state index is 3.59. The first-order valence-electron chi connectivity index (χ1n) is 7.05. The standard InChI is InChI=1S/C14H28N2/c1-10(2)15-9-13-7-8-14(13)16(4)11(3)12-5-6-12/h10-15H,5-9H2,1-4H3. The first kappa shape index (κ1) is 12.4. The summed E-state index contributed by atoms with van der Waals surface area (Å²) < 4.78 is 0. The van der Waals surface area contributed by atoms with Crippen LogP contribution in [0.25, 0.3) is 0 Å². The van der Waals surface area contributed by atoms with Crippen molar-refractivity contribution in [1.29, 1.82) is 0 Å². The fraction of sp³-hybridized carbons (Fsp3) is 1.00. The third-order valence-electron chi connectivity index (χ3n) is 4.64. The molecular weight excluding hydrogens is 196 g/mol. The molecule has 3 unspecified atom stereocenters. The number of nitrogens with zero attached hydrogens (tertiary/aromatic N) is 1. The molecule has 0 aliphatic heterocycles. The molecule has 2 rings (SSSR count). The van der Waals surface area contributed by atoms with Crippen LogP contribution in [0.2, 0.25) is 0 Å². The van der Waals surface area contributed by atoms with Gasteiger partial charge in [-0.3, -0.25) is 0 Å². The molecule has 2 nitrogen and oxygen atoms in total. The fourth-order valence-electron chi connectivity index (χ4n) is 2.93. The van der Waals surface area contributed by atoms with Crippen molar-refractivity contribution in [2.45, 2.75) is 64.6 Å². The van der Waals surface area contributed by atoms with Crippen LogP contribution in [-0.4, -0.2) is 36.6 Å². The molecule has 0 bridgehead atoms. The Morgan fingerprint density at radius 1 is 1.12 bits per heavy atom. The van der Waals surface area contributed by atoms with Crippen LogP contribution in [0.4, 0.5) is 0 Å². The summed E-state index contributed by atoms with van der Waals surface area (Å²) in [4.78, 5) is 2.66. The highest BCUT2D eigenvalue weighted by Gasteiger charge is 2.39. The van der Waals surface area contributed by atoms with Crippen LogP contribution in [0.3, 0.4) is 0 Å². The lowest BCUT2D eigenvalue weighted by atomic mass is 9.77. The summed E-state index contributed by atoms with van der Waals surface area (Å²) in [7, 11) is 2.34. The van der Waals surface area contributed by atoms with Crippen LogP contribution < -0.4 is 5.32 Å². The van der Waals surface area contributed by atoms with Crippen molar-refractivity contribution in [2.24, 2.45) is 11.8 Å². The second-order valence-corrected chi connectivity index (χ2v) is 6.21. The van der Waals surface area contributed by atoms with Crippen LogP contribution in [-0.2, 0) is 0 Å². The van der Waals surface area contributed by atoms with Crippen LogP contribution in [0, 0.1) is 11.8 Å². The van der Waals surface area contributed by atoms with E-state index in [0.29, 0.717) is 6.04 Å². The van der Waals surface area contributed by atoms with E-state index < -0.39 is 0 Å². The summed E-state index contributed by atoms with van der Waals surface area (Å²) in [6.45, 7) is 8.11. The van der Waals surface area contributed by atoms with Gasteiger partial charge in [0.1, 0.15) is 0 Å². The van der Waals surface area contributed by atoms with Crippen molar-refractivity contribution >= 4 is 0 Å². The largest absolute Gasteiger partial charge is 0.314 e. The van der Waals surface area contributed by atoms with Gasteiger partial charge in [-0.15, -0.1) is 0 Å². The molecule has 0 amide bonds. The summed E-state index contributed by atoms with van der Waals surface area (Å²) in [6.07, 6.45) is 5.77. The summed E-state index contributed by atoms with van der Waals surface area (Å²) in [5, 5.41) is 3.59. The van der Waals surface area contributed by atoms with Crippen LogP contribution in [0.1, 0.15) is 46.5 Å². The highest BCUT2D eigenvalue weighted by atomic mass is 15.2. The maximum Gasteiger partial charge on any atom is 0.0136 e. The predicted molar refractivity (Wildman–Crippen MR) is 69.6 cm³/mol. The summed E-state index contributed by atoms with van der Waals surface area (Å²) in [6, 6.07) is 2.29.